The van der Waals surface area contributed by atoms with Crippen LogP contribution in [0.1, 0.15) is 5.56 Å². The van der Waals surface area contributed by atoms with Gasteiger partial charge in [-0.3, -0.25) is 9.69 Å². The summed E-state index contributed by atoms with van der Waals surface area (Å²) in [7, 11) is 3.35. The van der Waals surface area contributed by atoms with Crippen LogP contribution in [0.3, 0.4) is 0 Å². The molecule has 2 aromatic carbocycles. The number of nitrogens with one attached hydrogen (secondary N) is 1. The summed E-state index contributed by atoms with van der Waals surface area (Å²) in [6.45, 7) is 4.26. The van der Waals surface area contributed by atoms with E-state index in [1.807, 2.05) is 54.6 Å². The molecule has 0 amide bonds. The largest absolute Gasteiger partial charge is 0.497 e. The van der Waals surface area contributed by atoms with Crippen LogP contribution in [-0.4, -0.2) is 50.3 Å². The van der Waals surface area contributed by atoms with E-state index in [0.717, 1.165) is 60.2 Å². The maximum Gasteiger partial charge on any atom is 0.252 e. The maximum absolute atomic E-state index is 12.6. The molecule has 0 bridgehead atoms. The number of H-pyrrole nitrogens is 1. The van der Waals surface area contributed by atoms with E-state index in [1.165, 1.54) is 0 Å². The molecule has 156 valence electrons. The number of pyridine rings is 1. The molecule has 1 N–H and O–H groups in total. The predicted molar refractivity (Wildman–Crippen MR) is 120 cm³/mol. The van der Waals surface area contributed by atoms with Gasteiger partial charge in [0.25, 0.3) is 5.56 Å². The molecule has 0 atom stereocenters. The van der Waals surface area contributed by atoms with Gasteiger partial charge in [0.05, 0.1) is 19.9 Å². The van der Waals surface area contributed by atoms with Crippen molar-refractivity contribution in [2.75, 3.05) is 45.3 Å². The molecule has 1 saturated heterocycles. The lowest BCUT2D eigenvalue weighted by Gasteiger charge is -2.36. The van der Waals surface area contributed by atoms with Gasteiger partial charge < -0.3 is 19.4 Å². The van der Waals surface area contributed by atoms with Crippen LogP contribution in [0.25, 0.3) is 11.3 Å². The minimum Gasteiger partial charge on any atom is -0.497 e. The number of piperazine rings is 1. The Bertz CT molecular complexity index is 1040. The lowest BCUT2D eigenvalue weighted by atomic mass is 10.1. The van der Waals surface area contributed by atoms with Crippen molar-refractivity contribution in [1.29, 1.82) is 0 Å². The van der Waals surface area contributed by atoms with E-state index in [1.54, 1.807) is 14.2 Å². The number of rotatable bonds is 6. The van der Waals surface area contributed by atoms with Gasteiger partial charge in [-0.25, -0.2) is 0 Å². The number of benzene rings is 2. The molecule has 1 aromatic heterocycles. The zero-order chi connectivity index (χ0) is 20.9. The smallest absolute Gasteiger partial charge is 0.252 e. The Morgan fingerprint density at radius 1 is 0.867 bits per heavy atom. The topological polar surface area (TPSA) is 57.8 Å². The summed E-state index contributed by atoms with van der Waals surface area (Å²) in [4.78, 5) is 20.3. The molecule has 0 saturated carbocycles. The third-order valence-electron chi connectivity index (χ3n) is 5.58. The number of anilines is 1. The molecule has 4 rings (SSSR count). The Labute approximate surface area is 176 Å². The first-order valence-electron chi connectivity index (χ1n) is 10.1. The van der Waals surface area contributed by atoms with Crippen LogP contribution in [-0.2, 0) is 6.54 Å². The highest BCUT2D eigenvalue weighted by atomic mass is 16.5. The SMILES string of the molecule is COc1ccc(-c2ccc(CN3CCN(c4ccccc4OC)CC3)c(=O)[nH]2)cc1. The second kappa shape index (κ2) is 9.05. The summed E-state index contributed by atoms with van der Waals surface area (Å²) in [5, 5.41) is 0. The molecule has 0 unspecified atom stereocenters. The first-order valence-corrected chi connectivity index (χ1v) is 10.1. The van der Waals surface area contributed by atoms with Gasteiger partial charge in [-0.2, -0.15) is 0 Å². The average Bonchev–Trinajstić information content (AvgIpc) is 2.81. The molecule has 30 heavy (non-hydrogen) atoms. The van der Waals surface area contributed by atoms with Crippen LogP contribution in [0.5, 0.6) is 11.5 Å². The van der Waals surface area contributed by atoms with Crippen molar-refractivity contribution in [2.45, 2.75) is 6.54 Å². The minimum atomic E-state index is -0.0320. The summed E-state index contributed by atoms with van der Waals surface area (Å²) in [6, 6.07) is 19.7. The quantitative estimate of drug-likeness (QED) is 0.681. The molecule has 1 fully saturated rings. The summed E-state index contributed by atoms with van der Waals surface area (Å²) in [6.07, 6.45) is 0. The number of methoxy groups -OCH3 is 2. The molecule has 1 aliphatic heterocycles. The minimum absolute atomic E-state index is 0.0320. The van der Waals surface area contributed by atoms with Gasteiger partial charge in [-0.05, 0) is 48.0 Å². The first kappa shape index (κ1) is 20.0. The van der Waals surface area contributed by atoms with Crippen molar-refractivity contribution in [1.82, 2.24) is 9.88 Å². The van der Waals surface area contributed by atoms with Crippen LogP contribution in [0.15, 0.2) is 65.5 Å². The number of nitrogens with zero attached hydrogens (tertiary/aromatic N) is 2. The molecule has 0 radical (unpaired) electrons. The fraction of sp³-hybridized carbons (Fsp3) is 0.292. The third kappa shape index (κ3) is 4.33. The third-order valence-corrected chi connectivity index (χ3v) is 5.58. The molecule has 0 spiro atoms. The summed E-state index contributed by atoms with van der Waals surface area (Å²) < 4.78 is 10.7. The van der Waals surface area contributed by atoms with E-state index in [-0.39, 0.29) is 5.56 Å². The zero-order valence-electron chi connectivity index (χ0n) is 17.4. The van der Waals surface area contributed by atoms with E-state index in [0.29, 0.717) is 6.54 Å². The molecular weight excluding hydrogens is 378 g/mol. The standard InChI is InChI=1S/C24H27N3O3/c1-29-20-10-7-18(8-11-20)21-12-9-19(24(28)25-21)17-26-13-15-27(16-14-26)22-5-3-4-6-23(22)30-2/h3-12H,13-17H2,1-2H3,(H,25,28). The second-order valence-electron chi connectivity index (χ2n) is 7.39. The van der Waals surface area contributed by atoms with Crippen molar-refractivity contribution in [2.24, 2.45) is 0 Å². The monoisotopic (exact) mass is 405 g/mol. The molecule has 6 heteroatoms. The van der Waals surface area contributed by atoms with Gasteiger partial charge in [0.2, 0.25) is 0 Å². The van der Waals surface area contributed by atoms with E-state index in [9.17, 15) is 4.79 Å². The highest BCUT2D eigenvalue weighted by Crippen LogP contribution is 2.28. The van der Waals surface area contributed by atoms with Gasteiger partial charge in [0.15, 0.2) is 0 Å². The lowest BCUT2D eigenvalue weighted by molar-refractivity contribution is 0.248. The van der Waals surface area contributed by atoms with Crippen molar-refractivity contribution in [3.05, 3.63) is 76.6 Å². The Morgan fingerprint density at radius 2 is 1.60 bits per heavy atom. The Balaban J connectivity index is 1.40. The van der Waals surface area contributed by atoms with E-state index in [4.69, 9.17) is 9.47 Å². The number of ether oxygens (including phenoxy) is 2. The predicted octanol–water partition coefficient (Wildman–Crippen LogP) is 3.38. The average molecular weight is 405 g/mol. The Kier molecular flexibility index (Phi) is 6.05. The highest BCUT2D eigenvalue weighted by molar-refractivity contribution is 5.60. The number of hydrogen-bond acceptors (Lipinski definition) is 5. The van der Waals surface area contributed by atoms with Crippen molar-refractivity contribution < 1.29 is 9.47 Å². The van der Waals surface area contributed by atoms with Crippen LogP contribution < -0.4 is 19.9 Å². The summed E-state index contributed by atoms with van der Waals surface area (Å²) >= 11 is 0. The van der Waals surface area contributed by atoms with Crippen molar-refractivity contribution >= 4 is 5.69 Å². The van der Waals surface area contributed by atoms with Crippen LogP contribution in [0.4, 0.5) is 5.69 Å². The molecule has 0 aliphatic carbocycles. The van der Waals surface area contributed by atoms with E-state index in [2.05, 4.69) is 20.9 Å². The van der Waals surface area contributed by atoms with Gasteiger partial charge in [-0.15, -0.1) is 0 Å². The Hall–Kier alpha value is -3.25. The maximum atomic E-state index is 12.6. The van der Waals surface area contributed by atoms with Crippen LogP contribution in [0.2, 0.25) is 0 Å². The molecule has 6 nitrogen and oxygen atoms in total. The fourth-order valence-electron chi connectivity index (χ4n) is 3.85. The fourth-order valence-corrected chi connectivity index (χ4v) is 3.85. The number of para-hydroxylation sites is 2. The lowest BCUT2D eigenvalue weighted by Crippen LogP contribution is -2.46. The summed E-state index contributed by atoms with van der Waals surface area (Å²) in [5.74, 6) is 1.70. The molecule has 1 aliphatic rings. The van der Waals surface area contributed by atoms with Crippen molar-refractivity contribution in [3.8, 4) is 22.8 Å². The second-order valence-corrected chi connectivity index (χ2v) is 7.39. The highest BCUT2D eigenvalue weighted by Gasteiger charge is 2.20. The van der Waals surface area contributed by atoms with Crippen LogP contribution in [0, 0.1) is 0 Å². The van der Waals surface area contributed by atoms with Gasteiger partial charge >= 0.3 is 0 Å². The normalized spacial score (nSPS) is 14.5. The first-order chi connectivity index (χ1) is 14.7. The van der Waals surface area contributed by atoms with Crippen molar-refractivity contribution in [3.63, 3.8) is 0 Å². The molecule has 3 aromatic rings. The van der Waals surface area contributed by atoms with Gasteiger partial charge in [0.1, 0.15) is 11.5 Å². The number of aromatic amines is 1. The molecular formula is C24H27N3O3. The van der Waals surface area contributed by atoms with E-state index >= 15 is 0 Å². The van der Waals surface area contributed by atoms with Gasteiger partial charge in [-0.1, -0.05) is 18.2 Å². The zero-order valence-corrected chi connectivity index (χ0v) is 17.4. The van der Waals surface area contributed by atoms with E-state index < -0.39 is 0 Å². The summed E-state index contributed by atoms with van der Waals surface area (Å²) in [5.41, 5.74) is 3.66. The molecule has 2 heterocycles. The van der Waals surface area contributed by atoms with Gasteiger partial charge in [0, 0.05) is 44.0 Å². The van der Waals surface area contributed by atoms with Crippen LogP contribution >= 0.6 is 0 Å². The number of hydrogen-bond donors (Lipinski definition) is 1. The number of aromatic nitrogens is 1. The Morgan fingerprint density at radius 3 is 2.27 bits per heavy atom.